The van der Waals surface area contributed by atoms with Gasteiger partial charge >= 0.3 is 0 Å². The molecule has 1 amide bonds. The highest BCUT2D eigenvalue weighted by Gasteiger charge is 2.52. The van der Waals surface area contributed by atoms with Crippen LogP contribution in [0.2, 0.25) is 0 Å². The van der Waals surface area contributed by atoms with E-state index in [-0.39, 0.29) is 5.91 Å². The molecular weight excluding hydrogens is 444 g/mol. The van der Waals surface area contributed by atoms with Gasteiger partial charge in [-0.2, -0.15) is 0 Å². The average molecular weight is 467 g/mol. The lowest BCUT2D eigenvalue weighted by molar-refractivity contribution is -0.134. The minimum atomic E-state index is -2.84. The first-order valence-electron chi connectivity index (χ1n) is 11.0. The summed E-state index contributed by atoms with van der Waals surface area (Å²) >= 11 is 0. The minimum absolute atomic E-state index is 0.251. The predicted octanol–water partition coefficient (Wildman–Crippen LogP) is 5.28. The van der Waals surface area contributed by atoms with Crippen LogP contribution in [0.25, 0.3) is 32.3 Å². The van der Waals surface area contributed by atoms with Crippen LogP contribution in [0.3, 0.4) is 0 Å². The van der Waals surface area contributed by atoms with Crippen molar-refractivity contribution < 1.29 is 13.2 Å². The zero-order valence-electron chi connectivity index (χ0n) is 18.5. The molecular formula is C28H22N2O3S. The lowest BCUT2D eigenvalue weighted by Gasteiger charge is -2.46. The quantitative estimate of drug-likeness (QED) is 0.206. The Kier molecular flexibility index (Phi) is 4.69. The molecule has 4 aromatic carbocycles. The maximum Gasteiger partial charge on any atom is 0.260 e. The normalized spacial score (nSPS) is 19.9. The van der Waals surface area contributed by atoms with Gasteiger partial charge in [-0.3, -0.25) is 18.9 Å². The Bertz CT molecular complexity index is 1700. The molecule has 2 unspecified atom stereocenters. The lowest BCUT2D eigenvalue weighted by atomic mass is 9.90. The topological polar surface area (TPSA) is 59.5 Å². The number of β-lactam (4-membered cyclic amide) rings is 1. The summed E-state index contributed by atoms with van der Waals surface area (Å²) in [6, 6.07) is 27.7. The van der Waals surface area contributed by atoms with Gasteiger partial charge in [-0.05, 0) is 51.0 Å². The van der Waals surface area contributed by atoms with Crippen LogP contribution in [0.5, 0.6) is 0 Å². The van der Waals surface area contributed by atoms with Crippen molar-refractivity contribution in [3.8, 4) is 0 Å². The van der Waals surface area contributed by atoms with Gasteiger partial charge in [0, 0.05) is 17.8 Å². The lowest BCUT2D eigenvalue weighted by Crippen LogP contribution is -2.61. The van der Waals surface area contributed by atoms with E-state index in [0.717, 1.165) is 38.0 Å². The summed E-state index contributed by atoms with van der Waals surface area (Å²) in [5, 5.41) is 6.48. The van der Waals surface area contributed by atoms with Gasteiger partial charge in [0.25, 0.3) is 5.91 Å². The van der Waals surface area contributed by atoms with Crippen LogP contribution in [0.15, 0.2) is 91.1 Å². The number of nitrogens with zero attached hydrogens (tertiary/aromatic N) is 2. The fourth-order valence-electron chi connectivity index (χ4n) is 4.92. The zero-order chi connectivity index (χ0) is 23.4. The number of aromatic nitrogens is 1. The summed E-state index contributed by atoms with van der Waals surface area (Å²) in [5.41, 5.74) is 1.46. The molecule has 0 bridgehead atoms. The molecule has 2 heterocycles. The molecule has 34 heavy (non-hydrogen) atoms. The maximum atomic E-state index is 13.5. The van der Waals surface area contributed by atoms with Crippen LogP contribution in [0, 0.1) is 0 Å². The number of benzene rings is 4. The number of hydrogen-bond acceptors (Lipinski definition) is 4. The maximum absolute atomic E-state index is 13.5. The predicted molar refractivity (Wildman–Crippen MR) is 139 cm³/mol. The van der Waals surface area contributed by atoms with Gasteiger partial charge in [0.05, 0.1) is 21.2 Å². The Morgan fingerprint density at radius 2 is 1.53 bits per heavy atom. The summed E-state index contributed by atoms with van der Waals surface area (Å²) in [5.74, 6) is 3.34. The number of carbonyl (C=O) groups excluding carboxylic acids is 1. The van der Waals surface area contributed by atoms with Gasteiger partial charge in [-0.25, -0.2) is 4.21 Å². The van der Waals surface area contributed by atoms with Crippen LogP contribution in [0.4, 0.5) is 5.69 Å². The van der Waals surface area contributed by atoms with Crippen molar-refractivity contribution >= 4 is 59.6 Å². The first-order valence-corrected chi connectivity index (χ1v) is 13.1. The molecule has 0 aliphatic carbocycles. The van der Waals surface area contributed by atoms with E-state index in [1.807, 2.05) is 48.5 Å². The van der Waals surface area contributed by atoms with Crippen molar-refractivity contribution in [2.75, 3.05) is 11.2 Å². The minimum Gasteiger partial charge on any atom is -0.297 e. The Morgan fingerprint density at radius 1 is 0.853 bits per heavy atom. The SMILES string of the molecule is C=S(C)(=O)O[C@H]1C(=O)N(c2cc3c4ccccc4ccc3c3ccccc23)C1c1ccccn1. The number of pyridine rings is 1. The highest BCUT2D eigenvalue weighted by Crippen LogP contribution is 2.46. The number of anilines is 1. The Balaban J connectivity index is 1.62. The van der Waals surface area contributed by atoms with Crippen molar-refractivity contribution in [2.45, 2.75) is 12.1 Å². The number of amides is 1. The largest absolute Gasteiger partial charge is 0.297 e. The van der Waals surface area contributed by atoms with Gasteiger partial charge < -0.3 is 0 Å². The van der Waals surface area contributed by atoms with E-state index in [4.69, 9.17) is 4.18 Å². The molecule has 1 aliphatic rings. The van der Waals surface area contributed by atoms with Gasteiger partial charge in [0.2, 0.25) is 0 Å². The molecule has 1 aliphatic heterocycles. The van der Waals surface area contributed by atoms with Gasteiger partial charge in [-0.1, -0.05) is 66.7 Å². The van der Waals surface area contributed by atoms with Gasteiger partial charge in [0.15, 0.2) is 6.10 Å². The van der Waals surface area contributed by atoms with Gasteiger partial charge in [-0.15, -0.1) is 0 Å². The summed E-state index contributed by atoms with van der Waals surface area (Å²) < 4.78 is 18.0. The molecule has 5 aromatic rings. The molecule has 1 saturated heterocycles. The average Bonchev–Trinajstić information content (AvgIpc) is 2.85. The third kappa shape index (κ3) is 3.26. The molecule has 168 valence electrons. The number of fused-ring (bicyclic) bond motifs is 5. The monoisotopic (exact) mass is 466 g/mol. The molecule has 5 nitrogen and oxygen atoms in total. The van der Waals surface area contributed by atoms with E-state index in [2.05, 4.69) is 47.3 Å². The first-order chi connectivity index (χ1) is 16.4. The molecule has 6 heteroatoms. The van der Waals surface area contributed by atoms with Crippen LogP contribution < -0.4 is 4.90 Å². The standard InChI is InChI=1S/C28H22N2O3S/c1-34(2,32)33-27-26(24-13-7-8-16-29-24)30(28(27)31)25-17-23-19-10-4-3-9-18(19)14-15-21(23)20-11-5-6-12-22(20)25/h3-17,26-27H,1H2,2H3/t26?,27-,34?/m1/s1. The Labute approximate surface area is 197 Å². The van der Waals surface area contributed by atoms with Crippen molar-refractivity contribution in [2.24, 2.45) is 0 Å². The summed E-state index contributed by atoms with van der Waals surface area (Å²) in [6.07, 6.45) is 2.18. The molecule has 3 atom stereocenters. The fraction of sp³-hybridized carbons (Fsp3) is 0.107. The molecule has 6 rings (SSSR count). The van der Waals surface area contributed by atoms with Crippen molar-refractivity contribution in [3.63, 3.8) is 0 Å². The summed E-state index contributed by atoms with van der Waals surface area (Å²) in [6.45, 7) is 0. The van der Waals surface area contributed by atoms with Crippen molar-refractivity contribution in [1.82, 2.24) is 4.98 Å². The second-order valence-electron chi connectivity index (χ2n) is 8.67. The van der Waals surface area contributed by atoms with E-state index in [9.17, 15) is 9.00 Å². The van der Waals surface area contributed by atoms with Crippen LogP contribution in [-0.2, 0) is 18.8 Å². The van der Waals surface area contributed by atoms with E-state index in [1.54, 1.807) is 11.1 Å². The fourth-order valence-corrected chi connectivity index (χ4v) is 5.55. The van der Waals surface area contributed by atoms with E-state index in [0.29, 0.717) is 5.69 Å². The third-order valence-electron chi connectivity index (χ3n) is 6.35. The number of carbonyl (C=O) groups is 1. The second kappa shape index (κ2) is 7.65. The van der Waals surface area contributed by atoms with Crippen LogP contribution >= 0.6 is 0 Å². The Morgan fingerprint density at radius 3 is 2.26 bits per heavy atom. The zero-order valence-corrected chi connectivity index (χ0v) is 19.4. The highest BCUT2D eigenvalue weighted by atomic mass is 32.2. The van der Waals surface area contributed by atoms with Crippen molar-refractivity contribution in [1.29, 1.82) is 0 Å². The Hall–Kier alpha value is -3.74. The summed E-state index contributed by atoms with van der Waals surface area (Å²) in [7, 11) is -2.84. The molecule has 0 saturated carbocycles. The molecule has 1 fully saturated rings. The van der Waals surface area contributed by atoms with Crippen LogP contribution in [-0.4, -0.2) is 33.3 Å². The smallest absolute Gasteiger partial charge is 0.260 e. The second-order valence-corrected chi connectivity index (χ2v) is 10.7. The molecule has 0 spiro atoms. The van der Waals surface area contributed by atoms with E-state index in [1.165, 1.54) is 6.26 Å². The highest BCUT2D eigenvalue weighted by molar-refractivity contribution is 7.95. The van der Waals surface area contributed by atoms with E-state index >= 15 is 0 Å². The number of rotatable bonds is 4. The molecule has 1 aromatic heterocycles. The summed E-state index contributed by atoms with van der Waals surface area (Å²) in [4.78, 5) is 19.7. The van der Waals surface area contributed by atoms with Crippen molar-refractivity contribution in [3.05, 3.63) is 96.8 Å². The molecule has 0 radical (unpaired) electrons. The third-order valence-corrected chi connectivity index (χ3v) is 6.96. The van der Waals surface area contributed by atoms with Crippen LogP contribution in [0.1, 0.15) is 11.7 Å². The molecule has 0 N–H and O–H groups in total. The first kappa shape index (κ1) is 20.8. The van der Waals surface area contributed by atoms with E-state index < -0.39 is 21.9 Å². The van der Waals surface area contributed by atoms with Gasteiger partial charge in [0.1, 0.15) is 6.04 Å². The number of hydrogen-bond donors (Lipinski definition) is 0.